The smallest absolute Gasteiger partial charge is 0.261 e. The summed E-state index contributed by atoms with van der Waals surface area (Å²) in [6.07, 6.45) is 2.52. The molecule has 1 heterocycles. The second-order valence-electron chi connectivity index (χ2n) is 6.86. The number of hydrogen-bond donors (Lipinski definition) is 1. The maximum absolute atomic E-state index is 12.8. The number of ether oxygens (including phenoxy) is 3. The molecule has 164 valence electrons. The van der Waals surface area contributed by atoms with E-state index in [1.807, 2.05) is 12.1 Å². The number of rotatable bonds is 9. The highest BCUT2D eigenvalue weighted by atomic mass is 32.2. The maximum atomic E-state index is 12.8. The third-order valence-electron chi connectivity index (χ3n) is 4.82. The van der Waals surface area contributed by atoms with Gasteiger partial charge in [-0.2, -0.15) is 0 Å². The zero-order chi connectivity index (χ0) is 22.2. The minimum absolute atomic E-state index is 0.177. The first-order chi connectivity index (χ1) is 15.0. The molecule has 0 saturated carbocycles. The first-order valence-electron chi connectivity index (χ1n) is 9.78. The van der Waals surface area contributed by atoms with Crippen LogP contribution in [0, 0.1) is 0 Å². The molecule has 1 N–H and O–H groups in total. The van der Waals surface area contributed by atoms with Gasteiger partial charge >= 0.3 is 0 Å². The molecule has 0 aliphatic carbocycles. The summed E-state index contributed by atoms with van der Waals surface area (Å²) in [5.74, 6) is 2.24. The molecule has 0 radical (unpaired) electrons. The van der Waals surface area contributed by atoms with Crippen molar-refractivity contribution >= 4 is 29.3 Å². The van der Waals surface area contributed by atoms with E-state index in [0.29, 0.717) is 41.0 Å². The number of nitrogens with one attached hydrogen (secondary N) is 1. The van der Waals surface area contributed by atoms with Crippen LogP contribution < -0.4 is 19.5 Å². The molecule has 2 aromatic carbocycles. The number of hydrogen-bond acceptors (Lipinski definition) is 6. The van der Waals surface area contributed by atoms with Gasteiger partial charge in [0.15, 0.2) is 18.1 Å². The van der Waals surface area contributed by atoms with Crippen LogP contribution in [-0.4, -0.2) is 55.2 Å². The lowest BCUT2D eigenvalue weighted by molar-refractivity contribution is -0.137. The maximum Gasteiger partial charge on any atom is 0.261 e. The number of benzene rings is 2. The lowest BCUT2D eigenvalue weighted by atomic mass is 10.1. The van der Waals surface area contributed by atoms with Crippen LogP contribution >= 0.6 is 11.8 Å². The Hall–Kier alpha value is -3.13. The second-order valence-corrected chi connectivity index (χ2v) is 7.86. The molecule has 2 aromatic rings. The van der Waals surface area contributed by atoms with E-state index in [1.54, 1.807) is 55.5 Å². The summed E-state index contributed by atoms with van der Waals surface area (Å²) in [6.45, 7) is 3.55. The van der Waals surface area contributed by atoms with Crippen LogP contribution in [0.15, 0.2) is 55.1 Å². The predicted octanol–water partition coefficient (Wildman–Crippen LogP) is 3.35. The molecule has 0 bridgehead atoms. The molecule has 1 atom stereocenters. The fourth-order valence-electron chi connectivity index (χ4n) is 3.15. The lowest BCUT2D eigenvalue weighted by Gasteiger charge is -2.23. The number of allylic oxidation sites excluding steroid dienone is 1. The Balaban J connectivity index is 1.60. The largest absolute Gasteiger partial charge is 0.497 e. The third-order valence-corrected chi connectivity index (χ3v) is 5.83. The van der Waals surface area contributed by atoms with Crippen molar-refractivity contribution in [1.82, 2.24) is 4.90 Å². The zero-order valence-electron chi connectivity index (χ0n) is 17.6. The van der Waals surface area contributed by atoms with E-state index in [2.05, 4.69) is 11.9 Å². The van der Waals surface area contributed by atoms with Crippen molar-refractivity contribution in [3.8, 4) is 17.2 Å². The van der Waals surface area contributed by atoms with E-state index < -0.39 is 6.04 Å². The summed E-state index contributed by atoms with van der Waals surface area (Å²) in [7, 11) is 3.14. The Morgan fingerprint density at radius 1 is 1.16 bits per heavy atom. The number of carbonyl (C=O) groups excluding carboxylic acids is 2. The molecule has 1 unspecified atom stereocenters. The van der Waals surface area contributed by atoms with E-state index in [9.17, 15) is 9.59 Å². The Bertz CT molecular complexity index is 932. The van der Waals surface area contributed by atoms with Crippen molar-refractivity contribution < 1.29 is 23.8 Å². The average Bonchev–Trinajstić information content (AvgIpc) is 3.29. The highest BCUT2D eigenvalue weighted by Crippen LogP contribution is 2.29. The Labute approximate surface area is 186 Å². The number of thioether (sulfide) groups is 1. The standard InChI is InChI=1S/C23H26N2O5S/c1-4-5-16-6-11-20(21(12-16)29-3)30-13-22(26)25-15-31-14-19(25)23(27)24-17-7-9-18(28-2)10-8-17/h4,6-12,19H,1,5,13-15H2,2-3H3,(H,24,27). The molecule has 1 fully saturated rings. The zero-order valence-corrected chi connectivity index (χ0v) is 18.4. The minimum atomic E-state index is -0.555. The summed E-state index contributed by atoms with van der Waals surface area (Å²) in [5, 5.41) is 2.86. The van der Waals surface area contributed by atoms with Crippen LogP contribution in [0.1, 0.15) is 5.56 Å². The highest BCUT2D eigenvalue weighted by Gasteiger charge is 2.35. The van der Waals surface area contributed by atoms with E-state index >= 15 is 0 Å². The summed E-state index contributed by atoms with van der Waals surface area (Å²) < 4.78 is 16.2. The molecular weight excluding hydrogens is 416 g/mol. The first-order valence-corrected chi connectivity index (χ1v) is 10.9. The van der Waals surface area contributed by atoms with Crippen molar-refractivity contribution in [3.05, 3.63) is 60.7 Å². The molecule has 7 nitrogen and oxygen atoms in total. The fourth-order valence-corrected chi connectivity index (χ4v) is 4.33. The van der Waals surface area contributed by atoms with Gasteiger partial charge in [-0.25, -0.2) is 0 Å². The molecule has 2 amide bonds. The van der Waals surface area contributed by atoms with Crippen molar-refractivity contribution in [2.24, 2.45) is 0 Å². The van der Waals surface area contributed by atoms with Crippen LogP contribution in [0.25, 0.3) is 0 Å². The lowest BCUT2D eigenvalue weighted by Crippen LogP contribution is -2.46. The topological polar surface area (TPSA) is 77.1 Å². The minimum Gasteiger partial charge on any atom is -0.497 e. The molecule has 8 heteroatoms. The van der Waals surface area contributed by atoms with Gasteiger partial charge in [0.05, 0.1) is 20.1 Å². The molecule has 1 aliphatic rings. The number of methoxy groups -OCH3 is 2. The van der Waals surface area contributed by atoms with Gasteiger partial charge in [0.1, 0.15) is 11.8 Å². The molecule has 0 aromatic heterocycles. The third kappa shape index (κ3) is 5.73. The van der Waals surface area contributed by atoms with Crippen LogP contribution in [0.4, 0.5) is 5.69 Å². The normalized spacial score (nSPS) is 15.3. The molecule has 1 saturated heterocycles. The molecular formula is C23H26N2O5S. The van der Waals surface area contributed by atoms with Gasteiger partial charge in [0.25, 0.3) is 5.91 Å². The summed E-state index contributed by atoms with van der Waals surface area (Å²) in [4.78, 5) is 27.1. The van der Waals surface area contributed by atoms with Crippen molar-refractivity contribution in [3.63, 3.8) is 0 Å². The molecule has 1 aliphatic heterocycles. The van der Waals surface area contributed by atoms with Gasteiger partial charge in [-0.05, 0) is 48.4 Å². The van der Waals surface area contributed by atoms with Crippen LogP contribution in [-0.2, 0) is 16.0 Å². The first kappa shape index (κ1) is 22.6. The van der Waals surface area contributed by atoms with Crippen molar-refractivity contribution in [2.75, 3.05) is 37.8 Å². The van der Waals surface area contributed by atoms with E-state index in [0.717, 1.165) is 5.56 Å². The average molecular weight is 443 g/mol. The van der Waals surface area contributed by atoms with Crippen molar-refractivity contribution in [1.29, 1.82) is 0 Å². The quantitative estimate of drug-likeness (QED) is 0.600. The monoisotopic (exact) mass is 442 g/mol. The van der Waals surface area contributed by atoms with Crippen LogP contribution in [0.5, 0.6) is 17.2 Å². The molecule has 3 rings (SSSR count). The molecule has 0 spiro atoms. The van der Waals surface area contributed by atoms with Gasteiger partial charge < -0.3 is 24.4 Å². The summed E-state index contributed by atoms with van der Waals surface area (Å²) in [6, 6.07) is 12.0. The Morgan fingerprint density at radius 3 is 2.61 bits per heavy atom. The van der Waals surface area contributed by atoms with Gasteiger partial charge in [-0.1, -0.05) is 12.1 Å². The number of anilines is 1. The van der Waals surface area contributed by atoms with Gasteiger partial charge in [0, 0.05) is 11.4 Å². The summed E-state index contributed by atoms with van der Waals surface area (Å²) in [5.41, 5.74) is 1.69. The Morgan fingerprint density at radius 2 is 1.94 bits per heavy atom. The SMILES string of the molecule is C=CCc1ccc(OCC(=O)N2CSCC2C(=O)Nc2ccc(OC)cc2)c(OC)c1. The van der Waals surface area contributed by atoms with E-state index in [4.69, 9.17) is 14.2 Å². The second kappa shape index (κ2) is 10.8. The van der Waals surface area contributed by atoms with Crippen LogP contribution in [0.2, 0.25) is 0 Å². The number of nitrogens with zero attached hydrogens (tertiary/aromatic N) is 1. The summed E-state index contributed by atoms with van der Waals surface area (Å²) >= 11 is 1.53. The fraction of sp³-hybridized carbons (Fsp3) is 0.304. The Kier molecular flexibility index (Phi) is 7.83. The number of amides is 2. The van der Waals surface area contributed by atoms with Crippen molar-refractivity contribution in [2.45, 2.75) is 12.5 Å². The van der Waals surface area contributed by atoms with Crippen LogP contribution in [0.3, 0.4) is 0 Å². The van der Waals surface area contributed by atoms with Gasteiger partial charge in [-0.3, -0.25) is 9.59 Å². The molecule has 31 heavy (non-hydrogen) atoms. The van der Waals surface area contributed by atoms with E-state index in [-0.39, 0.29) is 18.4 Å². The van der Waals surface area contributed by atoms with E-state index in [1.165, 1.54) is 11.8 Å². The number of carbonyl (C=O) groups is 2. The predicted molar refractivity (Wildman–Crippen MR) is 122 cm³/mol. The van der Waals surface area contributed by atoms with Gasteiger partial charge in [0.2, 0.25) is 5.91 Å². The highest BCUT2D eigenvalue weighted by molar-refractivity contribution is 7.99. The van der Waals surface area contributed by atoms with Gasteiger partial charge in [-0.15, -0.1) is 18.3 Å².